The zero-order chi connectivity index (χ0) is 10.7. The van der Waals surface area contributed by atoms with Crippen LogP contribution in [0.15, 0.2) is 12.1 Å². The number of benzene rings is 1. The molecule has 0 heterocycles. The minimum Gasteiger partial charge on any atom is -0.496 e. The van der Waals surface area contributed by atoms with E-state index >= 15 is 0 Å². The molecule has 0 amide bonds. The summed E-state index contributed by atoms with van der Waals surface area (Å²) in [5.41, 5.74) is 5.45. The van der Waals surface area contributed by atoms with Crippen LogP contribution in [-0.4, -0.2) is 18.8 Å². The summed E-state index contributed by atoms with van der Waals surface area (Å²) in [7, 11) is 1.41. The average Bonchev–Trinajstić information content (AvgIpc) is 2.20. The summed E-state index contributed by atoms with van der Waals surface area (Å²) in [6.45, 7) is -0.0421. The van der Waals surface area contributed by atoms with E-state index in [9.17, 15) is 9.50 Å². The second-order valence-corrected chi connectivity index (χ2v) is 3.11. The molecule has 0 bridgehead atoms. The van der Waals surface area contributed by atoms with Crippen molar-refractivity contribution in [1.82, 2.24) is 0 Å². The Bertz CT molecular complexity index is 333. The van der Waals surface area contributed by atoms with Crippen LogP contribution < -0.4 is 10.5 Å². The van der Waals surface area contributed by atoms with E-state index in [-0.39, 0.29) is 17.1 Å². The van der Waals surface area contributed by atoms with Crippen molar-refractivity contribution in [2.24, 2.45) is 5.73 Å². The van der Waals surface area contributed by atoms with Gasteiger partial charge in [-0.15, -0.1) is 0 Å². The normalized spacial score (nSPS) is 12.6. The Morgan fingerprint density at radius 1 is 1.64 bits per heavy atom. The van der Waals surface area contributed by atoms with E-state index in [0.717, 1.165) is 0 Å². The molecule has 0 aromatic heterocycles. The molecule has 0 spiro atoms. The molecule has 0 aliphatic rings. The highest BCUT2D eigenvalue weighted by atomic mass is 35.5. The lowest BCUT2D eigenvalue weighted by atomic mass is 10.1. The third-order valence-corrected chi connectivity index (χ3v) is 2.25. The van der Waals surface area contributed by atoms with Gasteiger partial charge in [0.05, 0.1) is 18.2 Å². The molecule has 1 atom stereocenters. The lowest BCUT2D eigenvalue weighted by Crippen LogP contribution is -2.13. The Hall–Kier alpha value is -0.840. The fourth-order valence-corrected chi connectivity index (χ4v) is 1.44. The molecule has 14 heavy (non-hydrogen) atoms. The predicted octanol–water partition coefficient (Wildman–Crippen LogP) is 1.48. The summed E-state index contributed by atoms with van der Waals surface area (Å²) in [6, 6.07) is 2.57. The van der Waals surface area contributed by atoms with E-state index in [1.807, 2.05) is 0 Å². The van der Waals surface area contributed by atoms with E-state index in [1.54, 1.807) is 0 Å². The second kappa shape index (κ2) is 4.59. The number of hydrogen-bond acceptors (Lipinski definition) is 3. The molecule has 0 saturated carbocycles. The first kappa shape index (κ1) is 11.2. The lowest BCUT2D eigenvalue weighted by molar-refractivity contribution is 0.181. The van der Waals surface area contributed by atoms with Gasteiger partial charge in [0.25, 0.3) is 0 Å². The number of aliphatic hydroxyl groups excluding tert-OH is 1. The number of methoxy groups -OCH3 is 1. The maximum absolute atomic E-state index is 13.1. The van der Waals surface area contributed by atoms with Gasteiger partial charge in [0.2, 0.25) is 0 Å². The lowest BCUT2D eigenvalue weighted by Gasteiger charge is -2.14. The average molecular weight is 220 g/mol. The third kappa shape index (κ3) is 1.97. The third-order valence-electron chi connectivity index (χ3n) is 1.87. The summed E-state index contributed by atoms with van der Waals surface area (Å²) in [6.07, 6.45) is -1.02. The maximum atomic E-state index is 13.1. The predicted molar refractivity (Wildman–Crippen MR) is 52.0 cm³/mol. The van der Waals surface area contributed by atoms with Gasteiger partial charge < -0.3 is 15.6 Å². The van der Waals surface area contributed by atoms with Crippen molar-refractivity contribution in [2.75, 3.05) is 13.7 Å². The Labute approximate surface area is 86.2 Å². The smallest absolute Gasteiger partial charge is 0.142 e. The Kier molecular flexibility index (Phi) is 3.69. The molecule has 1 aromatic rings. The number of hydrogen-bond donors (Lipinski definition) is 2. The molecule has 1 aromatic carbocycles. The summed E-state index contributed by atoms with van der Waals surface area (Å²) < 4.78 is 18.0. The van der Waals surface area contributed by atoms with Crippen LogP contribution in [0.5, 0.6) is 5.75 Å². The van der Waals surface area contributed by atoms with E-state index in [4.69, 9.17) is 22.1 Å². The van der Waals surface area contributed by atoms with Gasteiger partial charge in [-0.2, -0.15) is 0 Å². The highest BCUT2D eigenvalue weighted by Gasteiger charge is 2.18. The van der Waals surface area contributed by atoms with E-state index in [2.05, 4.69) is 0 Å². The Morgan fingerprint density at radius 3 is 2.79 bits per heavy atom. The number of aliphatic hydroxyl groups is 1. The summed E-state index contributed by atoms with van der Waals surface area (Å²) in [4.78, 5) is 0. The van der Waals surface area contributed by atoms with Crippen LogP contribution in [0.1, 0.15) is 11.7 Å². The van der Waals surface area contributed by atoms with Crippen LogP contribution >= 0.6 is 11.6 Å². The molecule has 0 fully saturated rings. The second-order valence-electron chi connectivity index (χ2n) is 2.73. The van der Waals surface area contributed by atoms with Gasteiger partial charge in [0, 0.05) is 12.1 Å². The van der Waals surface area contributed by atoms with Crippen LogP contribution in [-0.2, 0) is 0 Å². The topological polar surface area (TPSA) is 55.5 Å². The van der Waals surface area contributed by atoms with Crippen molar-refractivity contribution >= 4 is 11.6 Å². The number of rotatable bonds is 3. The van der Waals surface area contributed by atoms with Gasteiger partial charge in [-0.3, -0.25) is 0 Å². The van der Waals surface area contributed by atoms with E-state index in [1.165, 1.54) is 19.2 Å². The first-order valence-electron chi connectivity index (χ1n) is 4.01. The molecule has 78 valence electrons. The molecule has 1 rings (SSSR count). The van der Waals surface area contributed by atoms with Crippen LogP contribution in [0.2, 0.25) is 5.02 Å². The number of ether oxygens (including phenoxy) is 1. The van der Waals surface area contributed by atoms with Crippen molar-refractivity contribution in [1.29, 1.82) is 0 Å². The maximum Gasteiger partial charge on any atom is 0.142 e. The molecule has 3 N–H and O–H groups in total. The van der Waals surface area contributed by atoms with Gasteiger partial charge in [-0.25, -0.2) is 4.39 Å². The van der Waals surface area contributed by atoms with E-state index in [0.29, 0.717) is 5.75 Å². The molecule has 3 nitrogen and oxygen atoms in total. The molecule has 0 saturated heterocycles. The highest BCUT2D eigenvalue weighted by molar-refractivity contribution is 6.31. The molecular formula is C9H11ClFNO2. The zero-order valence-electron chi connectivity index (χ0n) is 7.63. The quantitative estimate of drug-likeness (QED) is 0.810. The van der Waals surface area contributed by atoms with E-state index < -0.39 is 11.9 Å². The van der Waals surface area contributed by atoms with Gasteiger partial charge >= 0.3 is 0 Å². The molecule has 0 aliphatic heterocycles. The van der Waals surface area contributed by atoms with Crippen LogP contribution in [0, 0.1) is 5.82 Å². The summed E-state index contributed by atoms with van der Waals surface area (Å²) in [5.74, 6) is -0.274. The Morgan fingerprint density at radius 2 is 2.29 bits per heavy atom. The standard InChI is InChI=1S/C9H11ClFNO2/c1-14-7-3-2-5(11)9(10)8(7)6(13)4-12/h2-3,6,13H,4,12H2,1H3. The van der Waals surface area contributed by atoms with Gasteiger partial charge in [0.15, 0.2) is 0 Å². The van der Waals surface area contributed by atoms with Gasteiger partial charge in [0.1, 0.15) is 11.6 Å². The van der Waals surface area contributed by atoms with Crippen molar-refractivity contribution in [3.8, 4) is 5.75 Å². The molecule has 5 heteroatoms. The SMILES string of the molecule is COc1ccc(F)c(Cl)c1C(O)CN. The molecular weight excluding hydrogens is 209 g/mol. The van der Waals surface area contributed by atoms with Gasteiger partial charge in [-0.1, -0.05) is 11.6 Å². The fourth-order valence-electron chi connectivity index (χ4n) is 1.15. The molecule has 0 radical (unpaired) electrons. The summed E-state index contributed by atoms with van der Waals surface area (Å²) in [5, 5.41) is 9.34. The first-order chi connectivity index (χ1) is 6.61. The van der Waals surface area contributed by atoms with Gasteiger partial charge in [-0.05, 0) is 12.1 Å². The minimum absolute atomic E-state index is 0.0421. The van der Waals surface area contributed by atoms with Crippen molar-refractivity contribution in [3.63, 3.8) is 0 Å². The largest absolute Gasteiger partial charge is 0.496 e. The van der Waals surface area contributed by atoms with Crippen molar-refractivity contribution < 1.29 is 14.2 Å². The summed E-state index contributed by atoms with van der Waals surface area (Å²) >= 11 is 5.68. The zero-order valence-corrected chi connectivity index (χ0v) is 8.38. The monoisotopic (exact) mass is 219 g/mol. The fraction of sp³-hybridized carbons (Fsp3) is 0.333. The minimum atomic E-state index is -1.02. The number of halogens is 2. The van der Waals surface area contributed by atoms with Crippen LogP contribution in [0.25, 0.3) is 0 Å². The van der Waals surface area contributed by atoms with Crippen LogP contribution in [0.4, 0.5) is 4.39 Å². The van der Waals surface area contributed by atoms with Crippen molar-refractivity contribution in [2.45, 2.75) is 6.10 Å². The van der Waals surface area contributed by atoms with Crippen LogP contribution in [0.3, 0.4) is 0 Å². The Balaban J connectivity index is 3.27. The molecule has 0 aliphatic carbocycles. The highest BCUT2D eigenvalue weighted by Crippen LogP contribution is 2.33. The first-order valence-corrected chi connectivity index (χ1v) is 4.39. The van der Waals surface area contributed by atoms with Crippen molar-refractivity contribution in [3.05, 3.63) is 28.5 Å². The number of nitrogens with two attached hydrogens (primary N) is 1. The molecule has 1 unspecified atom stereocenters.